The number of sulfonamides is 1. The van der Waals surface area contributed by atoms with E-state index in [1.165, 1.54) is 0 Å². The predicted molar refractivity (Wildman–Crippen MR) is 77.3 cm³/mol. The van der Waals surface area contributed by atoms with Crippen LogP contribution in [0, 0.1) is 5.41 Å². The average molecular weight is 287 g/mol. The molecule has 0 radical (unpaired) electrons. The van der Waals surface area contributed by atoms with Crippen LogP contribution >= 0.6 is 0 Å². The zero-order chi connectivity index (χ0) is 14.7. The van der Waals surface area contributed by atoms with E-state index in [2.05, 4.69) is 4.72 Å². The van der Waals surface area contributed by atoms with Crippen LogP contribution in [0.4, 0.5) is 0 Å². The Hall–Kier alpha value is -0.850. The third kappa shape index (κ3) is 4.63. The highest BCUT2D eigenvalue weighted by Crippen LogP contribution is 2.17. The maximum atomic E-state index is 12.2. The normalized spacial score (nSPS) is 12.9. The lowest BCUT2D eigenvalue weighted by atomic mass is 9.98. The summed E-state index contributed by atoms with van der Waals surface area (Å²) in [5.74, 6) is 0. The van der Waals surface area contributed by atoms with Gasteiger partial charge in [-0.25, -0.2) is 13.1 Å². The molecule has 110 valence electrons. The zero-order valence-corrected chi connectivity index (χ0v) is 13.0. The van der Waals surface area contributed by atoms with E-state index < -0.39 is 10.0 Å². The number of hydrogen-bond donors (Lipinski definition) is 2. The van der Waals surface area contributed by atoms with Crippen LogP contribution < -0.4 is 10.5 Å². The number of hydrogen-bond acceptors (Lipinski definition) is 3. The van der Waals surface area contributed by atoms with Gasteiger partial charge in [-0.05, 0) is 17.9 Å². The van der Waals surface area contributed by atoms with Gasteiger partial charge in [0.05, 0.1) is 4.90 Å². The third-order valence-electron chi connectivity index (χ3n) is 2.74. The van der Waals surface area contributed by atoms with Crippen LogP contribution in [0.3, 0.4) is 0 Å². The molecule has 1 rings (SSSR count). The van der Waals surface area contributed by atoms with E-state index in [4.69, 9.17) is 5.73 Å². The summed E-state index contributed by atoms with van der Waals surface area (Å²) in [7, 11) is -3.45. The van der Waals surface area contributed by atoms with Gasteiger partial charge >= 0.3 is 0 Å². The second kappa shape index (κ2) is 6.07. The van der Waals surface area contributed by atoms with Crippen LogP contribution in [0.5, 0.6) is 0 Å². The number of nitrogens with two attached hydrogens (primary N) is 1. The molecule has 0 bridgehead atoms. The first kappa shape index (κ1) is 16.2. The van der Waals surface area contributed by atoms with Gasteiger partial charge in [0.2, 0.25) is 10.0 Å². The number of nitrogens with zero attached hydrogens (tertiary/aromatic N) is 1. The minimum atomic E-state index is -3.45. The van der Waals surface area contributed by atoms with E-state index in [0.29, 0.717) is 18.0 Å². The number of nitrogens with one attached hydrogen (secondary N) is 1. The maximum absolute atomic E-state index is 12.2. The van der Waals surface area contributed by atoms with Gasteiger partial charge in [0, 0.05) is 31.5 Å². The van der Waals surface area contributed by atoms with Crippen molar-refractivity contribution in [1.29, 1.82) is 0 Å². The summed E-state index contributed by atoms with van der Waals surface area (Å²) in [6, 6.07) is 1.65. The van der Waals surface area contributed by atoms with E-state index >= 15 is 0 Å². The molecule has 19 heavy (non-hydrogen) atoms. The van der Waals surface area contributed by atoms with Crippen molar-refractivity contribution >= 4 is 10.0 Å². The van der Waals surface area contributed by atoms with Gasteiger partial charge in [-0.2, -0.15) is 0 Å². The summed E-state index contributed by atoms with van der Waals surface area (Å²) in [5.41, 5.74) is 6.40. The van der Waals surface area contributed by atoms with Crippen molar-refractivity contribution in [3.63, 3.8) is 0 Å². The third-order valence-corrected chi connectivity index (χ3v) is 4.11. The van der Waals surface area contributed by atoms with Crippen molar-refractivity contribution in [2.75, 3.05) is 6.54 Å². The van der Waals surface area contributed by atoms with E-state index in [0.717, 1.165) is 18.7 Å². The zero-order valence-electron chi connectivity index (χ0n) is 12.2. The Morgan fingerprint density at radius 3 is 2.47 bits per heavy atom. The van der Waals surface area contributed by atoms with Gasteiger partial charge < -0.3 is 10.3 Å². The van der Waals surface area contributed by atoms with Gasteiger partial charge in [-0.1, -0.05) is 27.7 Å². The highest BCUT2D eigenvalue weighted by atomic mass is 32.2. The van der Waals surface area contributed by atoms with Gasteiger partial charge in [0.15, 0.2) is 0 Å². The molecule has 3 N–H and O–H groups in total. The smallest absolute Gasteiger partial charge is 0.242 e. The van der Waals surface area contributed by atoms with E-state index in [1.807, 2.05) is 32.3 Å². The molecule has 0 atom stereocenters. The van der Waals surface area contributed by atoms with Crippen molar-refractivity contribution in [2.24, 2.45) is 11.1 Å². The first-order valence-corrected chi connectivity index (χ1v) is 8.06. The molecule has 0 fully saturated rings. The van der Waals surface area contributed by atoms with Crippen molar-refractivity contribution in [2.45, 2.75) is 52.1 Å². The quantitative estimate of drug-likeness (QED) is 0.835. The molecule has 1 aromatic rings. The molecule has 0 saturated carbocycles. The Morgan fingerprint density at radius 2 is 2.00 bits per heavy atom. The first-order valence-electron chi connectivity index (χ1n) is 6.58. The molecule has 1 aromatic heterocycles. The Kier molecular flexibility index (Phi) is 5.18. The molecule has 0 aliphatic rings. The Labute approximate surface area is 116 Å². The molecule has 0 aliphatic carbocycles. The highest BCUT2D eigenvalue weighted by molar-refractivity contribution is 7.89. The maximum Gasteiger partial charge on any atom is 0.242 e. The van der Waals surface area contributed by atoms with Crippen molar-refractivity contribution in [3.05, 3.63) is 18.0 Å². The van der Waals surface area contributed by atoms with Crippen LogP contribution in [0.15, 0.2) is 17.2 Å². The van der Waals surface area contributed by atoms with Crippen molar-refractivity contribution in [3.8, 4) is 0 Å². The molecule has 6 heteroatoms. The molecular weight excluding hydrogens is 262 g/mol. The summed E-state index contributed by atoms with van der Waals surface area (Å²) in [5, 5.41) is 0. The molecule has 0 spiro atoms. The van der Waals surface area contributed by atoms with Crippen LogP contribution in [0.25, 0.3) is 0 Å². The largest absolute Gasteiger partial charge is 0.349 e. The Bertz CT molecular complexity index is 512. The summed E-state index contributed by atoms with van der Waals surface area (Å²) >= 11 is 0. The van der Waals surface area contributed by atoms with Gasteiger partial charge in [0.25, 0.3) is 0 Å². The molecule has 0 amide bonds. The summed E-state index contributed by atoms with van der Waals surface area (Å²) < 4.78 is 28.9. The lowest BCUT2D eigenvalue weighted by Gasteiger charge is -2.18. The Balaban J connectivity index is 2.95. The van der Waals surface area contributed by atoms with Crippen LogP contribution in [-0.4, -0.2) is 19.5 Å². The molecule has 1 heterocycles. The molecule has 0 unspecified atom stereocenters. The molecular formula is C13H25N3O2S. The SMILES string of the molecule is CCCn1cc(S(=O)(=O)NCC(C)(C)C)cc1CN. The van der Waals surface area contributed by atoms with Crippen LogP contribution in [0.2, 0.25) is 0 Å². The van der Waals surface area contributed by atoms with Crippen molar-refractivity contribution < 1.29 is 8.42 Å². The molecule has 0 aliphatic heterocycles. The fourth-order valence-electron chi connectivity index (χ4n) is 1.69. The lowest BCUT2D eigenvalue weighted by Crippen LogP contribution is -2.32. The molecule has 0 saturated heterocycles. The van der Waals surface area contributed by atoms with Crippen LogP contribution in [0.1, 0.15) is 39.8 Å². The lowest BCUT2D eigenvalue weighted by molar-refractivity contribution is 0.407. The molecule has 0 aromatic carbocycles. The topological polar surface area (TPSA) is 77.1 Å². The van der Waals surface area contributed by atoms with Gasteiger partial charge in [-0.3, -0.25) is 0 Å². The fraction of sp³-hybridized carbons (Fsp3) is 0.692. The highest BCUT2D eigenvalue weighted by Gasteiger charge is 2.20. The first-order chi connectivity index (χ1) is 8.69. The minimum Gasteiger partial charge on any atom is -0.349 e. The fourth-order valence-corrected chi connectivity index (χ4v) is 3.03. The minimum absolute atomic E-state index is 0.0875. The average Bonchev–Trinajstić information content (AvgIpc) is 2.70. The van der Waals surface area contributed by atoms with E-state index in [9.17, 15) is 8.42 Å². The second-order valence-electron chi connectivity index (χ2n) is 5.95. The second-order valence-corrected chi connectivity index (χ2v) is 7.72. The number of aromatic nitrogens is 1. The summed E-state index contributed by atoms with van der Waals surface area (Å²) in [4.78, 5) is 0.297. The standard InChI is InChI=1S/C13H25N3O2S/c1-5-6-16-9-12(7-11(16)8-14)19(17,18)15-10-13(2,3)4/h7,9,15H,5-6,8,10,14H2,1-4H3. The summed E-state index contributed by atoms with van der Waals surface area (Å²) in [6.45, 7) is 9.55. The summed E-state index contributed by atoms with van der Waals surface area (Å²) in [6.07, 6.45) is 2.60. The molecule has 5 nitrogen and oxygen atoms in total. The Morgan fingerprint density at radius 1 is 1.37 bits per heavy atom. The van der Waals surface area contributed by atoms with Gasteiger partial charge in [-0.15, -0.1) is 0 Å². The predicted octanol–water partition coefficient (Wildman–Crippen LogP) is 1.68. The number of aryl methyl sites for hydroxylation is 1. The van der Waals surface area contributed by atoms with Crippen LogP contribution in [-0.2, 0) is 23.1 Å². The van der Waals surface area contributed by atoms with Crippen molar-refractivity contribution in [1.82, 2.24) is 9.29 Å². The monoisotopic (exact) mass is 287 g/mol. The van der Waals surface area contributed by atoms with E-state index in [-0.39, 0.29) is 5.41 Å². The van der Waals surface area contributed by atoms with Gasteiger partial charge in [0.1, 0.15) is 0 Å². The van der Waals surface area contributed by atoms with E-state index in [1.54, 1.807) is 12.3 Å². The number of rotatable bonds is 6.